The van der Waals surface area contributed by atoms with Crippen molar-refractivity contribution in [3.63, 3.8) is 0 Å². The fourth-order valence-corrected chi connectivity index (χ4v) is 0.996. The summed E-state index contributed by atoms with van der Waals surface area (Å²) in [7, 11) is 1.87. The van der Waals surface area contributed by atoms with Gasteiger partial charge in [0.15, 0.2) is 5.82 Å². The largest absolute Gasteiger partial charge is 0.256 e. The Bertz CT molecular complexity index is 221. The first-order valence-corrected chi connectivity index (χ1v) is 4.26. The molecule has 1 aromatic heterocycles. The average molecular weight is 171 g/mol. The van der Waals surface area contributed by atoms with Crippen molar-refractivity contribution in [1.29, 1.82) is 0 Å². The van der Waals surface area contributed by atoms with Gasteiger partial charge < -0.3 is 0 Å². The zero-order chi connectivity index (χ0) is 8.27. The Morgan fingerprint density at radius 3 is 2.91 bits per heavy atom. The zero-order valence-electron chi connectivity index (χ0n) is 6.86. The number of aromatic nitrogens is 3. The van der Waals surface area contributed by atoms with Gasteiger partial charge in [-0.1, -0.05) is 6.92 Å². The van der Waals surface area contributed by atoms with E-state index in [4.69, 9.17) is 0 Å². The SMILES string of the molecule is CCC(S)Cc1ncn(C)n1. The summed E-state index contributed by atoms with van der Waals surface area (Å²) in [6.07, 6.45) is 3.63. The van der Waals surface area contributed by atoms with Crippen LogP contribution in [0.5, 0.6) is 0 Å². The molecule has 0 aliphatic heterocycles. The van der Waals surface area contributed by atoms with Gasteiger partial charge in [-0.05, 0) is 6.42 Å². The molecule has 0 fully saturated rings. The van der Waals surface area contributed by atoms with Crippen LogP contribution in [-0.4, -0.2) is 20.0 Å². The van der Waals surface area contributed by atoms with E-state index >= 15 is 0 Å². The number of nitrogens with zero attached hydrogens (tertiary/aromatic N) is 3. The molecule has 0 aliphatic rings. The zero-order valence-corrected chi connectivity index (χ0v) is 7.75. The third-order valence-corrected chi connectivity index (χ3v) is 2.08. The molecular formula is C7H13N3S. The molecule has 11 heavy (non-hydrogen) atoms. The first-order valence-electron chi connectivity index (χ1n) is 3.75. The first-order chi connectivity index (χ1) is 5.22. The molecule has 1 aromatic rings. The number of hydrogen-bond donors (Lipinski definition) is 1. The maximum atomic E-state index is 4.36. The van der Waals surface area contributed by atoms with Crippen molar-refractivity contribution in [2.24, 2.45) is 7.05 Å². The predicted molar refractivity (Wildman–Crippen MR) is 47.8 cm³/mol. The monoisotopic (exact) mass is 171 g/mol. The van der Waals surface area contributed by atoms with Crippen LogP contribution >= 0.6 is 12.6 Å². The van der Waals surface area contributed by atoms with Crippen LogP contribution in [0.1, 0.15) is 19.2 Å². The fourth-order valence-electron chi connectivity index (χ4n) is 0.833. The highest BCUT2D eigenvalue weighted by molar-refractivity contribution is 7.80. The molecule has 0 saturated heterocycles. The number of aryl methyl sites for hydroxylation is 1. The molecule has 1 rings (SSSR count). The lowest BCUT2D eigenvalue weighted by Crippen LogP contribution is -2.03. The van der Waals surface area contributed by atoms with Crippen molar-refractivity contribution >= 4 is 12.6 Å². The highest BCUT2D eigenvalue weighted by Crippen LogP contribution is 2.05. The molecule has 1 unspecified atom stereocenters. The second-order valence-corrected chi connectivity index (χ2v) is 3.33. The second-order valence-electron chi connectivity index (χ2n) is 2.60. The summed E-state index contributed by atoms with van der Waals surface area (Å²) in [4.78, 5) is 4.11. The van der Waals surface area contributed by atoms with Crippen molar-refractivity contribution in [1.82, 2.24) is 14.8 Å². The van der Waals surface area contributed by atoms with Crippen LogP contribution < -0.4 is 0 Å². The van der Waals surface area contributed by atoms with Gasteiger partial charge in [0.1, 0.15) is 6.33 Å². The lowest BCUT2D eigenvalue weighted by Gasteiger charge is -2.01. The van der Waals surface area contributed by atoms with E-state index in [2.05, 4.69) is 29.6 Å². The Morgan fingerprint density at radius 1 is 1.73 bits per heavy atom. The predicted octanol–water partition coefficient (Wildman–Crippen LogP) is 1.07. The topological polar surface area (TPSA) is 30.7 Å². The molecule has 0 aromatic carbocycles. The van der Waals surface area contributed by atoms with Crippen LogP contribution in [-0.2, 0) is 13.5 Å². The van der Waals surface area contributed by atoms with Gasteiger partial charge in [-0.2, -0.15) is 17.7 Å². The van der Waals surface area contributed by atoms with Crippen molar-refractivity contribution in [2.45, 2.75) is 25.0 Å². The van der Waals surface area contributed by atoms with Crippen LogP contribution in [0.25, 0.3) is 0 Å². The van der Waals surface area contributed by atoms with E-state index in [0.29, 0.717) is 5.25 Å². The summed E-state index contributed by atoms with van der Waals surface area (Å²) < 4.78 is 1.71. The lowest BCUT2D eigenvalue weighted by atomic mass is 10.2. The third kappa shape index (κ3) is 2.54. The number of hydrogen-bond acceptors (Lipinski definition) is 3. The van der Waals surface area contributed by atoms with Gasteiger partial charge in [0.05, 0.1) is 0 Å². The summed E-state index contributed by atoms with van der Waals surface area (Å²) >= 11 is 4.36. The molecular weight excluding hydrogens is 158 g/mol. The van der Waals surface area contributed by atoms with E-state index in [1.807, 2.05) is 7.05 Å². The Kier molecular flexibility index (Phi) is 2.93. The fraction of sp³-hybridized carbons (Fsp3) is 0.714. The summed E-state index contributed by atoms with van der Waals surface area (Å²) in [6, 6.07) is 0. The van der Waals surface area contributed by atoms with E-state index in [-0.39, 0.29) is 0 Å². The third-order valence-electron chi connectivity index (χ3n) is 1.54. The Balaban J connectivity index is 2.50. The van der Waals surface area contributed by atoms with Crippen LogP contribution in [0.4, 0.5) is 0 Å². The molecule has 0 aliphatic carbocycles. The maximum absolute atomic E-state index is 4.36. The smallest absolute Gasteiger partial charge is 0.151 e. The first kappa shape index (κ1) is 8.59. The van der Waals surface area contributed by atoms with Crippen molar-refractivity contribution < 1.29 is 0 Å². The van der Waals surface area contributed by atoms with E-state index in [1.54, 1.807) is 11.0 Å². The molecule has 0 N–H and O–H groups in total. The Morgan fingerprint density at radius 2 is 2.45 bits per heavy atom. The van der Waals surface area contributed by atoms with Crippen molar-refractivity contribution in [3.8, 4) is 0 Å². The van der Waals surface area contributed by atoms with E-state index < -0.39 is 0 Å². The van der Waals surface area contributed by atoms with Crippen LogP contribution in [0.15, 0.2) is 6.33 Å². The Labute approximate surface area is 72.2 Å². The minimum Gasteiger partial charge on any atom is -0.256 e. The molecule has 0 radical (unpaired) electrons. The van der Waals surface area contributed by atoms with Crippen LogP contribution in [0.3, 0.4) is 0 Å². The highest BCUT2D eigenvalue weighted by atomic mass is 32.1. The van der Waals surface area contributed by atoms with Gasteiger partial charge in [-0.25, -0.2) is 4.98 Å². The maximum Gasteiger partial charge on any atom is 0.151 e. The van der Waals surface area contributed by atoms with Crippen LogP contribution in [0.2, 0.25) is 0 Å². The average Bonchev–Trinajstić information content (AvgIpc) is 2.35. The van der Waals surface area contributed by atoms with E-state index in [1.165, 1.54) is 0 Å². The molecule has 0 saturated carbocycles. The quantitative estimate of drug-likeness (QED) is 0.689. The number of rotatable bonds is 3. The van der Waals surface area contributed by atoms with Gasteiger partial charge in [0, 0.05) is 18.7 Å². The molecule has 0 amide bonds. The molecule has 62 valence electrons. The van der Waals surface area contributed by atoms with Gasteiger partial charge in [0.2, 0.25) is 0 Å². The molecule has 0 spiro atoms. The van der Waals surface area contributed by atoms with Gasteiger partial charge >= 0.3 is 0 Å². The lowest BCUT2D eigenvalue weighted by molar-refractivity contribution is 0.720. The number of thiol groups is 1. The summed E-state index contributed by atoms with van der Waals surface area (Å²) in [5.74, 6) is 0.884. The van der Waals surface area contributed by atoms with Crippen LogP contribution in [0, 0.1) is 0 Å². The minimum atomic E-state index is 0.386. The minimum absolute atomic E-state index is 0.386. The van der Waals surface area contributed by atoms with Gasteiger partial charge in [-0.3, -0.25) is 4.68 Å². The van der Waals surface area contributed by atoms with Gasteiger partial charge in [-0.15, -0.1) is 0 Å². The molecule has 4 heteroatoms. The normalized spacial score (nSPS) is 13.4. The Hall–Kier alpha value is -0.510. The van der Waals surface area contributed by atoms with Crippen molar-refractivity contribution in [3.05, 3.63) is 12.2 Å². The molecule has 1 heterocycles. The summed E-state index contributed by atoms with van der Waals surface area (Å²) in [6.45, 7) is 2.11. The summed E-state index contributed by atoms with van der Waals surface area (Å²) in [5.41, 5.74) is 0. The molecule has 1 atom stereocenters. The van der Waals surface area contributed by atoms with Gasteiger partial charge in [0.25, 0.3) is 0 Å². The van der Waals surface area contributed by atoms with E-state index in [0.717, 1.165) is 18.7 Å². The molecule has 0 bridgehead atoms. The standard InChI is InChI=1S/C7H13N3S/c1-3-6(11)4-7-8-5-10(2)9-7/h5-6,11H,3-4H2,1-2H3. The van der Waals surface area contributed by atoms with E-state index in [9.17, 15) is 0 Å². The highest BCUT2D eigenvalue weighted by Gasteiger charge is 2.04. The molecule has 3 nitrogen and oxygen atoms in total. The second kappa shape index (κ2) is 3.76. The van der Waals surface area contributed by atoms with Crippen molar-refractivity contribution in [2.75, 3.05) is 0 Å². The summed E-state index contributed by atoms with van der Waals surface area (Å²) in [5, 5.41) is 4.54.